The molecule has 2 unspecified atom stereocenters. The molecule has 0 saturated heterocycles. The van der Waals surface area contributed by atoms with Crippen LogP contribution in [0.25, 0.3) is 0 Å². The highest BCUT2D eigenvalue weighted by molar-refractivity contribution is 7.09. The smallest absolute Gasteiger partial charge is 0.0897 e. The molecule has 1 fully saturated rings. The number of aryl methyl sites for hydroxylation is 1. The Kier molecular flexibility index (Phi) is 4.54. The monoisotopic (exact) mass is 253 g/mol. The summed E-state index contributed by atoms with van der Waals surface area (Å²) in [5.41, 5.74) is 7.03. The van der Waals surface area contributed by atoms with Gasteiger partial charge < -0.3 is 10.6 Å². The van der Waals surface area contributed by atoms with Crippen LogP contribution >= 0.6 is 11.3 Å². The fourth-order valence-electron chi connectivity index (χ4n) is 2.89. The molecule has 0 spiro atoms. The molecule has 2 atom stereocenters. The molecule has 0 aliphatic heterocycles. The topological polar surface area (TPSA) is 42.2 Å². The van der Waals surface area contributed by atoms with Gasteiger partial charge in [-0.25, -0.2) is 4.98 Å². The van der Waals surface area contributed by atoms with Crippen molar-refractivity contribution in [2.24, 2.45) is 17.6 Å². The van der Waals surface area contributed by atoms with Crippen molar-refractivity contribution in [1.29, 1.82) is 0 Å². The van der Waals surface area contributed by atoms with Crippen molar-refractivity contribution < 1.29 is 0 Å². The molecular weight excluding hydrogens is 230 g/mol. The third kappa shape index (κ3) is 3.50. The number of rotatable bonds is 5. The van der Waals surface area contributed by atoms with Gasteiger partial charge in [-0.2, -0.15) is 0 Å². The lowest BCUT2D eigenvalue weighted by Crippen LogP contribution is -2.30. The molecule has 1 aromatic heterocycles. The number of nitrogens with zero attached hydrogens (tertiary/aromatic N) is 2. The maximum atomic E-state index is 5.83. The van der Waals surface area contributed by atoms with Crippen LogP contribution < -0.4 is 5.73 Å². The number of nitrogens with two attached hydrogens (primary N) is 1. The van der Waals surface area contributed by atoms with Gasteiger partial charge >= 0.3 is 0 Å². The number of hydrogen-bond donors (Lipinski definition) is 1. The summed E-state index contributed by atoms with van der Waals surface area (Å²) < 4.78 is 0. The third-order valence-corrected chi connectivity index (χ3v) is 4.59. The Labute approximate surface area is 108 Å². The summed E-state index contributed by atoms with van der Waals surface area (Å²) in [6.45, 7) is 5.06. The lowest BCUT2D eigenvalue weighted by atomic mass is 9.96. The van der Waals surface area contributed by atoms with Crippen LogP contribution in [0.4, 0.5) is 0 Å². The van der Waals surface area contributed by atoms with Crippen LogP contribution in [0.5, 0.6) is 0 Å². The maximum absolute atomic E-state index is 5.83. The molecule has 1 aliphatic rings. The molecule has 0 radical (unpaired) electrons. The quantitative estimate of drug-likeness (QED) is 0.875. The van der Waals surface area contributed by atoms with Gasteiger partial charge in [0.05, 0.1) is 10.7 Å². The zero-order valence-electron chi connectivity index (χ0n) is 10.9. The Balaban J connectivity index is 1.82. The maximum Gasteiger partial charge on any atom is 0.0897 e. The highest BCUT2D eigenvalue weighted by Crippen LogP contribution is 2.31. The van der Waals surface area contributed by atoms with Gasteiger partial charge in [-0.1, -0.05) is 6.42 Å². The van der Waals surface area contributed by atoms with Gasteiger partial charge in [-0.05, 0) is 45.2 Å². The molecule has 0 aromatic carbocycles. The van der Waals surface area contributed by atoms with Gasteiger partial charge in [-0.15, -0.1) is 11.3 Å². The first-order chi connectivity index (χ1) is 8.19. The average Bonchev–Trinajstić information content (AvgIpc) is 2.87. The first kappa shape index (κ1) is 13.0. The Bertz CT molecular complexity index is 350. The Morgan fingerprint density at radius 3 is 2.88 bits per heavy atom. The van der Waals surface area contributed by atoms with Crippen molar-refractivity contribution in [2.75, 3.05) is 20.1 Å². The molecule has 1 heterocycles. The first-order valence-corrected chi connectivity index (χ1v) is 7.36. The van der Waals surface area contributed by atoms with Crippen molar-refractivity contribution in [3.8, 4) is 0 Å². The summed E-state index contributed by atoms with van der Waals surface area (Å²) in [4.78, 5) is 6.91. The van der Waals surface area contributed by atoms with E-state index in [-0.39, 0.29) is 0 Å². The predicted octanol–water partition coefficient (Wildman–Crippen LogP) is 2.26. The molecule has 4 heteroatoms. The van der Waals surface area contributed by atoms with E-state index in [0.29, 0.717) is 0 Å². The third-order valence-electron chi connectivity index (χ3n) is 3.76. The van der Waals surface area contributed by atoms with Crippen LogP contribution in [0.15, 0.2) is 5.38 Å². The SMILES string of the molecule is Cc1nc(CN(C)CC2CCCC2CN)cs1. The van der Waals surface area contributed by atoms with Crippen LogP contribution in [0.3, 0.4) is 0 Å². The molecule has 0 bridgehead atoms. The highest BCUT2D eigenvalue weighted by Gasteiger charge is 2.26. The van der Waals surface area contributed by atoms with E-state index < -0.39 is 0 Å². The Hall–Kier alpha value is -0.450. The minimum Gasteiger partial charge on any atom is -0.330 e. The molecule has 17 heavy (non-hydrogen) atoms. The van der Waals surface area contributed by atoms with E-state index >= 15 is 0 Å². The molecule has 0 amide bonds. The van der Waals surface area contributed by atoms with E-state index in [2.05, 4.69) is 29.2 Å². The van der Waals surface area contributed by atoms with Gasteiger partial charge in [0, 0.05) is 18.5 Å². The van der Waals surface area contributed by atoms with Gasteiger partial charge in [0.25, 0.3) is 0 Å². The summed E-state index contributed by atoms with van der Waals surface area (Å²) in [7, 11) is 2.20. The highest BCUT2D eigenvalue weighted by atomic mass is 32.1. The van der Waals surface area contributed by atoms with E-state index in [1.807, 2.05) is 0 Å². The molecular formula is C13H23N3S. The molecule has 2 N–H and O–H groups in total. The average molecular weight is 253 g/mol. The summed E-state index contributed by atoms with van der Waals surface area (Å²) >= 11 is 1.74. The van der Waals surface area contributed by atoms with Gasteiger partial charge in [0.1, 0.15) is 0 Å². The minimum absolute atomic E-state index is 0.745. The number of thiazole rings is 1. The molecule has 1 aromatic rings. The largest absolute Gasteiger partial charge is 0.330 e. The molecule has 1 aliphatic carbocycles. The van der Waals surface area contributed by atoms with Crippen molar-refractivity contribution in [2.45, 2.75) is 32.7 Å². The van der Waals surface area contributed by atoms with Crippen LogP contribution in [0, 0.1) is 18.8 Å². The molecule has 3 nitrogen and oxygen atoms in total. The molecule has 1 saturated carbocycles. The van der Waals surface area contributed by atoms with Crippen LogP contribution in [0.2, 0.25) is 0 Å². The van der Waals surface area contributed by atoms with Crippen LogP contribution in [0.1, 0.15) is 30.0 Å². The lowest BCUT2D eigenvalue weighted by Gasteiger charge is -2.24. The van der Waals surface area contributed by atoms with Crippen molar-refractivity contribution in [1.82, 2.24) is 9.88 Å². The number of aromatic nitrogens is 1. The van der Waals surface area contributed by atoms with Crippen molar-refractivity contribution in [3.05, 3.63) is 16.1 Å². The van der Waals surface area contributed by atoms with E-state index in [1.54, 1.807) is 11.3 Å². The zero-order valence-corrected chi connectivity index (χ0v) is 11.7. The van der Waals surface area contributed by atoms with Crippen molar-refractivity contribution >= 4 is 11.3 Å². The van der Waals surface area contributed by atoms with E-state index in [4.69, 9.17) is 5.73 Å². The van der Waals surface area contributed by atoms with E-state index in [0.717, 1.165) is 29.9 Å². The van der Waals surface area contributed by atoms with Crippen LogP contribution in [-0.2, 0) is 6.54 Å². The minimum atomic E-state index is 0.745. The standard InChI is InChI=1S/C13H23N3S/c1-10-15-13(9-17-10)8-16(2)7-12-5-3-4-11(12)6-14/h9,11-12H,3-8,14H2,1-2H3. The first-order valence-electron chi connectivity index (χ1n) is 6.48. The van der Waals surface area contributed by atoms with Gasteiger partial charge in [0.2, 0.25) is 0 Å². The Morgan fingerprint density at radius 2 is 2.24 bits per heavy atom. The van der Waals surface area contributed by atoms with Gasteiger partial charge in [0.15, 0.2) is 0 Å². The summed E-state index contributed by atoms with van der Waals surface area (Å²) in [5, 5.41) is 3.33. The fourth-order valence-corrected chi connectivity index (χ4v) is 3.49. The normalized spacial score (nSPS) is 24.7. The second-order valence-electron chi connectivity index (χ2n) is 5.24. The number of hydrogen-bond acceptors (Lipinski definition) is 4. The Morgan fingerprint density at radius 1 is 1.47 bits per heavy atom. The summed E-state index contributed by atoms with van der Waals surface area (Å²) in [6, 6.07) is 0. The second-order valence-corrected chi connectivity index (χ2v) is 6.30. The van der Waals surface area contributed by atoms with E-state index in [1.165, 1.54) is 31.5 Å². The van der Waals surface area contributed by atoms with E-state index in [9.17, 15) is 0 Å². The predicted molar refractivity (Wildman–Crippen MR) is 73.1 cm³/mol. The molecule has 96 valence electrons. The van der Waals surface area contributed by atoms with Gasteiger partial charge in [-0.3, -0.25) is 0 Å². The van der Waals surface area contributed by atoms with Crippen LogP contribution in [-0.4, -0.2) is 30.0 Å². The lowest BCUT2D eigenvalue weighted by molar-refractivity contribution is 0.235. The second kappa shape index (κ2) is 5.94. The summed E-state index contributed by atoms with van der Waals surface area (Å²) in [5.74, 6) is 1.54. The summed E-state index contributed by atoms with van der Waals surface area (Å²) in [6.07, 6.45) is 4.03. The van der Waals surface area contributed by atoms with Crippen molar-refractivity contribution in [3.63, 3.8) is 0 Å². The zero-order chi connectivity index (χ0) is 12.3. The fraction of sp³-hybridized carbons (Fsp3) is 0.769. The molecule has 2 rings (SSSR count).